The van der Waals surface area contributed by atoms with Crippen LogP contribution in [0.25, 0.3) is 0 Å². The number of ether oxygens (including phenoxy) is 1. The molecular formula is C6H9NO2S. The van der Waals surface area contributed by atoms with Gasteiger partial charge in [-0.25, -0.2) is 0 Å². The Kier molecular flexibility index (Phi) is 5.99. The van der Waals surface area contributed by atoms with Gasteiger partial charge in [-0.1, -0.05) is 0 Å². The molecule has 0 aromatic heterocycles. The summed E-state index contributed by atoms with van der Waals surface area (Å²) in [6.45, 7) is 0. The van der Waals surface area contributed by atoms with E-state index in [1.165, 1.54) is 18.9 Å². The normalized spacial score (nSPS) is 8.40. The molecule has 10 heavy (non-hydrogen) atoms. The Balaban J connectivity index is 3.05. The lowest BCUT2D eigenvalue weighted by Gasteiger charge is -1.95. The number of hydrogen-bond donors (Lipinski definition) is 0. The van der Waals surface area contributed by atoms with Crippen molar-refractivity contribution in [3.63, 3.8) is 0 Å². The van der Waals surface area contributed by atoms with Crippen molar-refractivity contribution in [2.45, 2.75) is 6.42 Å². The lowest BCUT2D eigenvalue weighted by atomic mass is 10.6. The molecule has 0 rings (SSSR count). The van der Waals surface area contributed by atoms with E-state index in [9.17, 15) is 4.79 Å². The highest BCUT2D eigenvalue weighted by molar-refractivity contribution is 7.99. The van der Waals surface area contributed by atoms with Gasteiger partial charge in [0.1, 0.15) is 0 Å². The molecule has 0 atom stereocenters. The maximum Gasteiger partial charge on any atom is 0.315 e. The minimum absolute atomic E-state index is 0.233. The third kappa shape index (κ3) is 5.45. The van der Waals surface area contributed by atoms with Crippen molar-refractivity contribution in [3.8, 4) is 6.07 Å². The molecule has 0 aliphatic heterocycles. The Bertz CT molecular complexity index is 141. The van der Waals surface area contributed by atoms with E-state index in [-0.39, 0.29) is 5.97 Å². The number of carbonyl (C=O) groups is 1. The molecule has 0 saturated carbocycles. The predicted octanol–water partition coefficient (Wildman–Crippen LogP) is 0.806. The fourth-order valence-electron chi connectivity index (χ4n) is 0.332. The largest absolute Gasteiger partial charge is 0.468 e. The van der Waals surface area contributed by atoms with Crippen LogP contribution in [-0.4, -0.2) is 24.6 Å². The van der Waals surface area contributed by atoms with Crippen LogP contribution in [0, 0.1) is 11.3 Å². The molecule has 0 aromatic rings. The molecule has 0 aromatic carbocycles. The number of hydrogen-bond acceptors (Lipinski definition) is 4. The standard InChI is InChI=1S/C6H9NO2S/c1-9-6(8)5-10-4-2-3-7/h2,4-5H2,1H3. The zero-order chi connectivity index (χ0) is 7.82. The average molecular weight is 159 g/mol. The number of esters is 1. The number of methoxy groups -OCH3 is 1. The van der Waals surface area contributed by atoms with Crippen molar-refractivity contribution in [1.29, 1.82) is 5.26 Å². The first-order chi connectivity index (χ1) is 4.81. The molecule has 0 spiro atoms. The summed E-state index contributed by atoms with van der Waals surface area (Å²) >= 11 is 1.41. The second kappa shape index (κ2) is 6.43. The topological polar surface area (TPSA) is 50.1 Å². The summed E-state index contributed by atoms with van der Waals surface area (Å²) in [5.41, 5.74) is 0. The van der Waals surface area contributed by atoms with E-state index < -0.39 is 0 Å². The van der Waals surface area contributed by atoms with Crippen molar-refractivity contribution in [1.82, 2.24) is 0 Å². The summed E-state index contributed by atoms with van der Waals surface area (Å²) in [4.78, 5) is 10.4. The van der Waals surface area contributed by atoms with E-state index >= 15 is 0 Å². The molecule has 0 radical (unpaired) electrons. The molecule has 0 aliphatic carbocycles. The Labute approximate surface area is 64.4 Å². The molecule has 4 heteroatoms. The Morgan fingerprint density at radius 2 is 2.50 bits per heavy atom. The maximum absolute atomic E-state index is 10.4. The van der Waals surface area contributed by atoms with Crippen LogP contribution < -0.4 is 0 Å². The summed E-state index contributed by atoms with van der Waals surface area (Å²) in [6, 6.07) is 1.99. The lowest BCUT2D eigenvalue weighted by Crippen LogP contribution is -2.03. The fraction of sp³-hybridized carbons (Fsp3) is 0.667. The van der Waals surface area contributed by atoms with Crippen LogP contribution in [0.2, 0.25) is 0 Å². The highest BCUT2D eigenvalue weighted by atomic mass is 32.2. The fourth-order valence-corrected chi connectivity index (χ4v) is 0.997. The predicted molar refractivity (Wildman–Crippen MR) is 39.6 cm³/mol. The van der Waals surface area contributed by atoms with Crippen molar-refractivity contribution in [2.24, 2.45) is 0 Å². The van der Waals surface area contributed by atoms with Gasteiger partial charge in [-0.15, -0.1) is 11.8 Å². The zero-order valence-electron chi connectivity index (χ0n) is 5.79. The van der Waals surface area contributed by atoms with Gasteiger partial charge in [0.2, 0.25) is 0 Å². The van der Waals surface area contributed by atoms with Gasteiger partial charge in [0.05, 0.1) is 18.9 Å². The summed E-state index contributed by atoms with van der Waals surface area (Å²) in [5, 5.41) is 8.11. The van der Waals surface area contributed by atoms with E-state index in [1.54, 1.807) is 0 Å². The number of carbonyl (C=O) groups excluding carboxylic acids is 1. The van der Waals surface area contributed by atoms with Gasteiger partial charge in [-0.3, -0.25) is 4.79 Å². The van der Waals surface area contributed by atoms with Gasteiger partial charge in [0, 0.05) is 12.2 Å². The number of thioether (sulfide) groups is 1. The maximum atomic E-state index is 10.4. The molecular weight excluding hydrogens is 150 g/mol. The Hall–Kier alpha value is -0.690. The Morgan fingerprint density at radius 1 is 1.80 bits per heavy atom. The van der Waals surface area contributed by atoms with Crippen LogP contribution in [-0.2, 0) is 9.53 Å². The van der Waals surface area contributed by atoms with Crippen LogP contribution in [0.4, 0.5) is 0 Å². The van der Waals surface area contributed by atoms with E-state index in [0.29, 0.717) is 17.9 Å². The molecule has 0 N–H and O–H groups in total. The molecule has 0 amide bonds. The third-order valence-electron chi connectivity index (χ3n) is 0.806. The second-order valence-electron chi connectivity index (χ2n) is 1.54. The molecule has 3 nitrogen and oxygen atoms in total. The molecule has 0 saturated heterocycles. The van der Waals surface area contributed by atoms with Crippen LogP contribution in [0.3, 0.4) is 0 Å². The van der Waals surface area contributed by atoms with Gasteiger partial charge in [0.15, 0.2) is 0 Å². The summed E-state index contributed by atoms with van der Waals surface area (Å²) in [7, 11) is 1.35. The van der Waals surface area contributed by atoms with Crippen molar-refractivity contribution >= 4 is 17.7 Å². The van der Waals surface area contributed by atoms with Gasteiger partial charge < -0.3 is 4.74 Å². The number of rotatable bonds is 4. The molecule has 56 valence electrons. The molecule has 0 unspecified atom stereocenters. The van der Waals surface area contributed by atoms with Crippen LogP contribution in [0.5, 0.6) is 0 Å². The highest BCUT2D eigenvalue weighted by Crippen LogP contribution is 2.01. The van der Waals surface area contributed by atoms with Gasteiger partial charge in [-0.2, -0.15) is 5.26 Å². The first-order valence-corrected chi connectivity index (χ1v) is 3.98. The van der Waals surface area contributed by atoms with Crippen molar-refractivity contribution in [2.75, 3.05) is 18.6 Å². The highest BCUT2D eigenvalue weighted by Gasteiger charge is 1.97. The van der Waals surface area contributed by atoms with E-state index in [4.69, 9.17) is 5.26 Å². The SMILES string of the molecule is COC(=O)CSCCC#N. The van der Waals surface area contributed by atoms with Gasteiger partial charge >= 0.3 is 5.97 Å². The van der Waals surface area contributed by atoms with E-state index in [0.717, 1.165) is 0 Å². The lowest BCUT2D eigenvalue weighted by molar-refractivity contribution is -0.137. The summed E-state index contributed by atoms with van der Waals surface area (Å²) in [5.74, 6) is 0.812. The second-order valence-corrected chi connectivity index (χ2v) is 2.64. The molecule has 0 aliphatic rings. The van der Waals surface area contributed by atoms with Gasteiger partial charge in [-0.05, 0) is 0 Å². The van der Waals surface area contributed by atoms with Crippen molar-refractivity contribution in [3.05, 3.63) is 0 Å². The van der Waals surface area contributed by atoms with Crippen molar-refractivity contribution < 1.29 is 9.53 Å². The van der Waals surface area contributed by atoms with Crippen LogP contribution in [0.15, 0.2) is 0 Å². The van der Waals surface area contributed by atoms with Gasteiger partial charge in [0.25, 0.3) is 0 Å². The van der Waals surface area contributed by atoms with E-state index in [2.05, 4.69) is 4.74 Å². The quantitative estimate of drug-likeness (QED) is 0.450. The third-order valence-corrected chi connectivity index (χ3v) is 1.74. The monoisotopic (exact) mass is 159 g/mol. The summed E-state index contributed by atoms with van der Waals surface area (Å²) in [6.07, 6.45) is 0.488. The molecule has 0 heterocycles. The first-order valence-electron chi connectivity index (χ1n) is 2.82. The number of nitriles is 1. The smallest absolute Gasteiger partial charge is 0.315 e. The first kappa shape index (κ1) is 9.31. The van der Waals surface area contributed by atoms with Crippen LogP contribution >= 0.6 is 11.8 Å². The van der Waals surface area contributed by atoms with E-state index in [1.807, 2.05) is 6.07 Å². The zero-order valence-corrected chi connectivity index (χ0v) is 6.61. The Morgan fingerprint density at radius 3 is 3.00 bits per heavy atom. The molecule has 0 bridgehead atoms. The number of nitrogens with zero attached hydrogens (tertiary/aromatic N) is 1. The minimum Gasteiger partial charge on any atom is -0.468 e. The molecule has 0 fully saturated rings. The minimum atomic E-state index is -0.233. The average Bonchev–Trinajstić information content (AvgIpc) is 1.98. The summed E-state index contributed by atoms with van der Waals surface area (Å²) < 4.78 is 4.39. The van der Waals surface area contributed by atoms with Crippen LogP contribution in [0.1, 0.15) is 6.42 Å².